The van der Waals surface area contributed by atoms with Crippen LogP contribution in [0.1, 0.15) is 46.0 Å². The number of ether oxygens (including phenoxy) is 1. The minimum absolute atomic E-state index is 0.0688. The SMILES string of the molecule is CCC(C)CCCCC(=O)[C@@H]1C(=O)OC[C@H]1CO. The highest BCUT2D eigenvalue weighted by Gasteiger charge is 2.41. The van der Waals surface area contributed by atoms with E-state index in [4.69, 9.17) is 9.84 Å². The molecule has 0 radical (unpaired) electrons. The molecule has 0 aromatic rings. The molecule has 1 heterocycles. The van der Waals surface area contributed by atoms with Gasteiger partial charge in [-0.25, -0.2) is 0 Å². The van der Waals surface area contributed by atoms with Crippen LogP contribution in [0.4, 0.5) is 0 Å². The van der Waals surface area contributed by atoms with E-state index >= 15 is 0 Å². The molecule has 4 nitrogen and oxygen atoms in total. The third-order valence-corrected chi connectivity index (χ3v) is 3.81. The van der Waals surface area contributed by atoms with Gasteiger partial charge in [0.25, 0.3) is 0 Å². The molecule has 1 aliphatic heterocycles. The molecule has 1 aliphatic rings. The van der Waals surface area contributed by atoms with Gasteiger partial charge >= 0.3 is 5.97 Å². The molecule has 1 unspecified atom stereocenters. The number of esters is 1. The number of aliphatic hydroxyl groups is 1. The predicted octanol–water partition coefficient (Wildman–Crippen LogP) is 1.94. The number of unbranched alkanes of at least 4 members (excludes halogenated alkanes) is 1. The van der Waals surface area contributed by atoms with Gasteiger partial charge < -0.3 is 9.84 Å². The lowest BCUT2D eigenvalue weighted by molar-refractivity contribution is -0.144. The normalized spacial score (nSPS) is 24.9. The molecule has 104 valence electrons. The first-order valence-electron chi connectivity index (χ1n) is 6.90. The molecule has 1 N–H and O–H groups in total. The van der Waals surface area contributed by atoms with Crippen LogP contribution in [0.15, 0.2) is 0 Å². The van der Waals surface area contributed by atoms with Crippen molar-refractivity contribution in [2.45, 2.75) is 46.0 Å². The molecular weight excluding hydrogens is 232 g/mol. The maximum Gasteiger partial charge on any atom is 0.316 e. The third-order valence-electron chi connectivity index (χ3n) is 3.81. The number of rotatable bonds is 8. The fourth-order valence-electron chi connectivity index (χ4n) is 2.27. The van der Waals surface area contributed by atoms with Crippen molar-refractivity contribution in [1.82, 2.24) is 0 Å². The summed E-state index contributed by atoms with van der Waals surface area (Å²) >= 11 is 0. The lowest BCUT2D eigenvalue weighted by Crippen LogP contribution is -2.27. The second-order valence-electron chi connectivity index (χ2n) is 5.28. The fraction of sp³-hybridized carbons (Fsp3) is 0.857. The number of carbonyl (C=O) groups excluding carboxylic acids is 2. The Morgan fingerprint density at radius 1 is 1.50 bits per heavy atom. The summed E-state index contributed by atoms with van der Waals surface area (Å²) < 4.78 is 4.83. The first-order valence-corrected chi connectivity index (χ1v) is 6.90. The smallest absolute Gasteiger partial charge is 0.316 e. The second kappa shape index (κ2) is 7.52. The Morgan fingerprint density at radius 2 is 2.22 bits per heavy atom. The molecule has 1 rings (SSSR count). The molecule has 0 saturated carbocycles. The molecule has 0 bridgehead atoms. The van der Waals surface area contributed by atoms with E-state index in [1.165, 1.54) is 0 Å². The molecule has 18 heavy (non-hydrogen) atoms. The molecule has 3 atom stereocenters. The Balaban J connectivity index is 2.29. The van der Waals surface area contributed by atoms with Gasteiger partial charge in [0.15, 0.2) is 0 Å². The maximum atomic E-state index is 11.9. The maximum absolute atomic E-state index is 11.9. The van der Waals surface area contributed by atoms with Gasteiger partial charge in [-0.15, -0.1) is 0 Å². The standard InChI is InChI=1S/C14H24O4/c1-3-10(2)6-4-5-7-12(16)13-11(8-15)9-18-14(13)17/h10-11,13,15H,3-9H2,1-2H3/t10?,11-,13-/m1/s1. The molecule has 0 spiro atoms. The lowest BCUT2D eigenvalue weighted by atomic mass is 9.89. The summed E-state index contributed by atoms with van der Waals surface area (Å²) in [5.74, 6) is -0.887. The zero-order chi connectivity index (χ0) is 13.5. The Kier molecular flexibility index (Phi) is 6.33. The number of aliphatic hydroxyl groups excluding tert-OH is 1. The quantitative estimate of drug-likeness (QED) is 0.409. The Labute approximate surface area is 109 Å². The highest BCUT2D eigenvalue weighted by atomic mass is 16.5. The summed E-state index contributed by atoms with van der Waals surface area (Å²) in [5.41, 5.74) is 0. The molecular formula is C14H24O4. The van der Waals surface area contributed by atoms with Crippen LogP contribution >= 0.6 is 0 Å². The largest absolute Gasteiger partial charge is 0.465 e. The Bertz CT molecular complexity index is 288. The summed E-state index contributed by atoms with van der Waals surface area (Å²) in [6.07, 6.45) is 4.56. The van der Waals surface area contributed by atoms with Crippen LogP contribution in [0.25, 0.3) is 0 Å². The van der Waals surface area contributed by atoms with E-state index in [9.17, 15) is 9.59 Å². The number of hydrogen-bond acceptors (Lipinski definition) is 4. The first kappa shape index (κ1) is 15.2. The van der Waals surface area contributed by atoms with E-state index in [1.807, 2.05) is 0 Å². The monoisotopic (exact) mass is 256 g/mol. The predicted molar refractivity (Wildman–Crippen MR) is 68.0 cm³/mol. The van der Waals surface area contributed by atoms with Gasteiger partial charge in [-0.2, -0.15) is 0 Å². The van der Waals surface area contributed by atoms with Crippen molar-refractivity contribution >= 4 is 11.8 Å². The van der Waals surface area contributed by atoms with Crippen LogP contribution in [0.2, 0.25) is 0 Å². The van der Waals surface area contributed by atoms with Crippen molar-refractivity contribution in [3.63, 3.8) is 0 Å². The zero-order valence-electron chi connectivity index (χ0n) is 11.4. The summed E-state index contributed by atoms with van der Waals surface area (Å²) in [5, 5.41) is 9.09. The topological polar surface area (TPSA) is 63.6 Å². The second-order valence-corrected chi connectivity index (χ2v) is 5.28. The van der Waals surface area contributed by atoms with Crippen molar-refractivity contribution in [2.75, 3.05) is 13.2 Å². The van der Waals surface area contributed by atoms with Crippen LogP contribution in [0, 0.1) is 17.8 Å². The first-order chi connectivity index (χ1) is 8.60. The van der Waals surface area contributed by atoms with E-state index < -0.39 is 11.9 Å². The van der Waals surface area contributed by atoms with Crippen LogP contribution in [0.3, 0.4) is 0 Å². The van der Waals surface area contributed by atoms with Crippen LogP contribution in [-0.2, 0) is 14.3 Å². The average molecular weight is 256 g/mol. The van der Waals surface area contributed by atoms with E-state index in [2.05, 4.69) is 13.8 Å². The van der Waals surface area contributed by atoms with Gasteiger partial charge in [-0.05, 0) is 12.3 Å². The third kappa shape index (κ3) is 4.09. The fourth-order valence-corrected chi connectivity index (χ4v) is 2.27. The van der Waals surface area contributed by atoms with Crippen molar-refractivity contribution in [1.29, 1.82) is 0 Å². The molecule has 1 fully saturated rings. The molecule has 0 aromatic carbocycles. The van der Waals surface area contributed by atoms with Crippen LogP contribution in [0.5, 0.6) is 0 Å². The minimum Gasteiger partial charge on any atom is -0.465 e. The Hall–Kier alpha value is -0.900. The average Bonchev–Trinajstić information content (AvgIpc) is 2.75. The van der Waals surface area contributed by atoms with Gasteiger partial charge in [0.2, 0.25) is 0 Å². The summed E-state index contributed by atoms with van der Waals surface area (Å²) in [7, 11) is 0. The minimum atomic E-state index is -0.724. The lowest BCUT2D eigenvalue weighted by Gasteiger charge is -2.12. The van der Waals surface area contributed by atoms with Gasteiger partial charge in [0, 0.05) is 12.3 Å². The summed E-state index contributed by atoms with van der Waals surface area (Å²) in [6.45, 7) is 4.39. The molecule has 0 aromatic heterocycles. The van der Waals surface area contributed by atoms with Crippen molar-refractivity contribution in [3.05, 3.63) is 0 Å². The molecule has 0 amide bonds. The zero-order valence-corrected chi connectivity index (χ0v) is 11.4. The summed E-state index contributed by atoms with van der Waals surface area (Å²) in [4.78, 5) is 23.3. The van der Waals surface area contributed by atoms with E-state index in [0.29, 0.717) is 12.3 Å². The number of cyclic esters (lactones) is 1. The Morgan fingerprint density at radius 3 is 2.83 bits per heavy atom. The van der Waals surface area contributed by atoms with Gasteiger partial charge in [0.1, 0.15) is 11.7 Å². The van der Waals surface area contributed by atoms with Crippen LogP contribution in [-0.4, -0.2) is 30.1 Å². The van der Waals surface area contributed by atoms with Crippen LogP contribution < -0.4 is 0 Å². The molecule has 0 aliphatic carbocycles. The van der Waals surface area contributed by atoms with Crippen molar-refractivity contribution in [3.8, 4) is 0 Å². The van der Waals surface area contributed by atoms with Crippen molar-refractivity contribution < 1.29 is 19.4 Å². The number of carbonyl (C=O) groups is 2. The van der Waals surface area contributed by atoms with E-state index in [-0.39, 0.29) is 24.9 Å². The molecule has 1 saturated heterocycles. The molecule has 4 heteroatoms. The number of ketones is 1. The van der Waals surface area contributed by atoms with Gasteiger partial charge in [-0.3, -0.25) is 9.59 Å². The van der Waals surface area contributed by atoms with E-state index in [0.717, 1.165) is 25.7 Å². The van der Waals surface area contributed by atoms with Gasteiger partial charge in [-0.1, -0.05) is 33.1 Å². The number of hydrogen-bond donors (Lipinski definition) is 1. The number of Topliss-reactive ketones (excluding diaryl/α,β-unsaturated/α-hetero) is 1. The van der Waals surface area contributed by atoms with E-state index in [1.54, 1.807) is 0 Å². The summed E-state index contributed by atoms with van der Waals surface area (Å²) in [6, 6.07) is 0. The van der Waals surface area contributed by atoms with Gasteiger partial charge in [0.05, 0.1) is 13.2 Å². The highest BCUT2D eigenvalue weighted by Crippen LogP contribution is 2.25. The highest BCUT2D eigenvalue weighted by molar-refractivity contribution is 6.00. The van der Waals surface area contributed by atoms with Crippen molar-refractivity contribution in [2.24, 2.45) is 17.8 Å².